The van der Waals surface area contributed by atoms with E-state index in [1.807, 2.05) is 0 Å². The predicted octanol–water partition coefficient (Wildman–Crippen LogP) is 8.71. The average molecular weight is 783 g/mol. The van der Waals surface area contributed by atoms with Gasteiger partial charge < -0.3 is 19.1 Å². The number of para-hydroxylation sites is 1. The molecule has 12 heteroatoms. The van der Waals surface area contributed by atoms with Gasteiger partial charge in [0.2, 0.25) is 5.91 Å². The van der Waals surface area contributed by atoms with Crippen molar-refractivity contribution in [3.8, 4) is 11.1 Å². The van der Waals surface area contributed by atoms with Crippen LogP contribution in [0.4, 0.5) is 22.0 Å². The number of piperidine rings is 1. The zero-order valence-corrected chi connectivity index (χ0v) is 27.1. The maximum atomic E-state index is 16.1. The van der Waals surface area contributed by atoms with E-state index < -0.39 is 254 Å². The van der Waals surface area contributed by atoms with Crippen molar-refractivity contribution in [2.45, 2.75) is 55.6 Å². The molecule has 0 unspecified atom stereocenters. The molecule has 4 aromatic carbocycles. The van der Waals surface area contributed by atoms with E-state index in [9.17, 15) is 34.7 Å². The van der Waals surface area contributed by atoms with E-state index in [2.05, 4.69) is 4.74 Å². The molecular weight excluding hydrogens is 710 g/mol. The van der Waals surface area contributed by atoms with Crippen LogP contribution in [-0.2, 0) is 34.5 Å². The number of alkyl halides is 3. The number of benzene rings is 4. The Morgan fingerprint density at radius 1 is 1.04 bits per heavy atom. The van der Waals surface area contributed by atoms with Crippen LogP contribution in [0, 0.1) is 18.6 Å². The highest BCUT2D eigenvalue weighted by atomic mass is 32.2. The van der Waals surface area contributed by atoms with Crippen molar-refractivity contribution in [3.63, 3.8) is 0 Å². The van der Waals surface area contributed by atoms with Crippen LogP contribution in [0.3, 0.4) is 0 Å². The number of aromatic nitrogens is 1. The summed E-state index contributed by atoms with van der Waals surface area (Å²) < 4.78 is 366. The van der Waals surface area contributed by atoms with Gasteiger partial charge in [0, 0.05) is 75.5 Å². The number of ether oxygens (including phenoxy) is 1. The van der Waals surface area contributed by atoms with Gasteiger partial charge in [-0.1, -0.05) is 60.4 Å². The van der Waals surface area contributed by atoms with Gasteiger partial charge in [-0.15, -0.1) is 11.8 Å². The molecule has 1 aliphatic rings. The Morgan fingerprint density at radius 3 is 2.51 bits per heavy atom. The number of nitrogens with zero attached hydrogens (tertiary/aromatic N) is 3. The van der Waals surface area contributed by atoms with Crippen LogP contribution in [0.15, 0.2) is 100 Å². The molecule has 0 radical (unpaired) electrons. The van der Waals surface area contributed by atoms with Crippen molar-refractivity contribution in [1.82, 2.24) is 14.4 Å². The highest BCUT2D eigenvalue weighted by Crippen LogP contribution is 2.34. The number of pyridine rings is 1. The van der Waals surface area contributed by atoms with Crippen molar-refractivity contribution in [3.05, 3.63) is 135 Å². The molecular formula is C41H40F5N3O3S. The minimum Gasteiger partial charge on any atom is -0.383 e. The number of carbonyl (C=O) groups excluding carboxylic acids is 1. The Kier molecular flexibility index (Phi) is 4.59. The summed E-state index contributed by atoms with van der Waals surface area (Å²) in [6.07, 6.45) is -15.8. The van der Waals surface area contributed by atoms with Crippen LogP contribution < -0.4 is 5.43 Å². The Morgan fingerprint density at radius 2 is 1.77 bits per heavy atom. The number of rotatable bonds is 12. The summed E-state index contributed by atoms with van der Waals surface area (Å²) in [7, 11) is -3.65. The lowest BCUT2D eigenvalue weighted by Gasteiger charge is -2.39. The van der Waals surface area contributed by atoms with Gasteiger partial charge in [-0.05, 0) is 66.1 Å². The zero-order chi connectivity index (χ0) is 66.7. The van der Waals surface area contributed by atoms with Crippen molar-refractivity contribution < 1.29 is 76.7 Å². The molecule has 0 aliphatic carbocycles. The molecule has 6 nitrogen and oxygen atoms in total. The fourth-order valence-corrected chi connectivity index (χ4v) is 5.15. The van der Waals surface area contributed by atoms with E-state index >= 15 is 9.18 Å². The second-order valence-electron chi connectivity index (χ2n) is 10.1. The van der Waals surface area contributed by atoms with Crippen LogP contribution in [-0.4, -0.2) is 59.4 Å². The smallest absolute Gasteiger partial charge is 0.383 e. The third kappa shape index (κ3) is 9.00. The summed E-state index contributed by atoms with van der Waals surface area (Å²) >= 11 is -0.335. The number of likely N-dealkylation sites (tertiary alicyclic amines) is 1. The minimum absolute atomic E-state index is 0.335. The standard InChI is InChI=1S/C41H40F5N3O3S/c1-27-22-30(14-15-34(27)41(44,45)46)29-12-10-28(11-13-29)24-48(32-16-18-47(19-17-32)20-21-52-2)38(51)25-49-36-9-4-3-7-33(36)37(50)23-39(49)53-26-31-6-5-8-35(42)40(31)43/h3-15,22-23,32H,16-21,24-26H2,1-2H3/i2D3,3D,4D,5D,6D,7D,8D,9D,10D,11D,12D,13D,14D,15D,16D2,17D2,18D2,19D2,20D2,22D,23D,24D2,25D2,32D. The van der Waals surface area contributed by atoms with Gasteiger partial charge in [-0.2, -0.15) is 13.2 Å². The lowest BCUT2D eigenvalue weighted by molar-refractivity contribution is -0.138. The largest absolute Gasteiger partial charge is 0.416 e. The Hall–Kier alpha value is -4.52. The van der Waals surface area contributed by atoms with Crippen molar-refractivity contribution in [2.75, 3.05) is 33.1 Å². The van der Waals surface area contributed by atoms with E-state index in [1.165, 1.54) is 0 Å². The molecule has 5 aromatic rings. The number of methoxy groups -OCH3 is 1. The van der Waals surface area contributed by atoms with Crippen molar-refractivity contribution >= 4 is 28.6 Å². The number of hydrogen-bond acceptors (Lipinski definition) is 5. The van der Waals surface area contributed by atoms with E-state index in [0.29, 0.717) is 6.92 Å². The second-order valence-corrected chi connectivity index (χ2v) is 11.0. The van der Waals surface area contributed by atoms with Gasteiger partial charge in [0.15, 0.2) is 17.1 Å². The molecule has 1 saturated heterocycles. The SMILES string of the molecule is [2H]c1c([2H])c(F)c(F)c(CSc2c([2H])c(=O)c3c([2H])c([2H])c([2H])c([2H])c3n2C([2H])([2H])C(=O)N(C([2H])([2H])c2c([2H])c([2H])c(-c3c([2H])c([2H])c(C(F)(F)F)c(C)c3[2H])c([2H])c2[2H])C2([2H])C([2H])([2H])C([2H])([2H])N(C([2H])([2H])COC([2H])([2H])[2H])C([2H])([2H])C2([2H])[2H])c1[2H]. The summed E-state index contributed by atoms with van der Waals surface area (Å²) in [5, 5.41) is -3.05. The Labute approximate surface area is 355 Å². The van der Waals surface area contributed by atoms with Crippen LogP contribution in [0.2, 0.25) is 0 Å². The molecule has 0 N–H and O–H groups in total. The first-order valence-corrected chi connectivity index (χ1v) is 15.3. The van der Waals surface area contributed by atoms with E-state index in [-0.39, 0.29) is 11.8 Å². The molecule has 1 fully saturated rings. The quantitative estimate of drug-likeness (QED) is 0.0937. The molecule has 1 aromatic heterocycles. The number of amides is 1. The van der Waals surface area contributed by atoms with Gasteiger partial charge in [0.05, 0.1) is 54.2 Å². The summed E-state index contributed by atoms with van der Waals surface area (Å²) in [5.74, 6) is -8.82. The number of fused-ring (bicyclic) bond motifs is 1. The molecule has 0 atom stereocenters. The zero-order valence-electron chi connectivity index (χ0n) is 59.3. The van der Waals surface area contributed by atoms with Crippen LogP contribution in [0.1, 0.15) is 80.2 Å². The molecule has 6 rings (SSSR count). The minimum atomic E-state index is -5.46. The molecule has 278 valence electrons. The first-order chi connectivity index (χ1) is 38.5. The third-order valence-electron chi connectivity index (χ3n) is 6.62. The average Bonchev–Trinajstić information content (AvgIpc) is 0.661. The summed E-state index contributed by atoms with van der Waals surface area (Å²) in [6.45, 7) is -25.5. The topological polar surface area (TPSA) is 54.8 Å². The van der Waals surface area contributed by atoms with Crippen LogP contribution in [0.5, 0.6) is 0 Å². The summed E-state index contributed by atoms with van der Waals surface area (Å²) in [5.41, 5.74) is -12.6. The molecule has 1 aliphatic heterocycles. The molecule has 0 saturated carbocycles. The lowest BCUT2D eigenvalue weighted by atomic mass is 9.98. The maximum absolute atomic E-state index is 16.1. The predicted molar refractivity (Wildman–Crippen MR) is 198 cm³/mol. The Bertz CT molecular complexity index is 3670. The van der Waals surface area contributed by atoms with E-state index in [4.69, 9.17) is 32.9 Å². The number of halogens is 5. The first-order valence-electron chi connectivity index (χ1n) is 30.8. The maximum Gasteiger partial charge on any atom is 0.416 e. The molecule has 0 spiro atoms. The van der Waals surface area contributed by atoms with E-state index in [1.54, 1.807) is 0 Å². The number of hydrogen-bond donors (Lipinski definition) is 0. The van der Waals surface area contributed by atoms with Crippen LogP contribution in [0.25, 0.3) is 22.0 Å². The van der Waals surface area contributed by atoms with Crippen molar-refractivity contribution in [1.29, 1.82) is 0 Å². The van der Waals surface area contributed by atoms with Crippen LogP contribution >= 0.6 is 11.8 Å². The molecule has 53 heavy (non-hydrogen) atoms. The van der Waals surface area contributed by atoms with Gasteiger partial charge in [-0.25, -0.2) is 8.78 Å². The highest BCUT2D eigenvalue weighted by molar-refractivity contribution is 7.98. The molecule has 1 amide bonds. The van der Waals surface area contributed by atoms with Gasteiger partial charge in [-0.3, -0.25) is 9.59 Å². The number of thioether (sulfide) groups is 1. The van der Waals surface area contributed by atoms with Gasteiger partial charge >= 0.3 is 6.18 Å². The summed E-state index contributed by atoms with van der Waals surface area (Å²) in [6, 6.07) is -29.5. The number of carbonyl (C=O) groups is 1. The van der Waals surface area contributed by atoms with Gasteiger partial charge in [0.1, 0.15) is 6.50 Å². The van der Waals surface area contributed by atoms with Gasteiger partial charge in [0.25, 0.3) is 0 Å². The fraction of sp³-hybridized carbons (Fsp3) is 0.317. The molecule has 0 bridgehead atoms. The first kappa shape index (κ1) is 14.6. The highest BCUT2D eigenvalue weighted by Gasteiger charge is 2.32. The summed E-state index contributed by atoms with van der Waals surface area (Å²) in [4.78, 5) is 27.8. The molecule has 2 heterocycles. The van der Waals surface area contributed by atoms with E-state index in [0.717, 1.165) is 0 Å². The Balaban J connectivity index is 1.86. The monoisotopic (exact) mass is 782 g/mol. The second kappa shape index (κ2) is 16.7. The van der Waals surface area contributed by atoms with Crippen molar-refractivity contribution in [2.24, 2.45) is 0 Å². The normalized spacial score (nSPS) is 28.6. The third-order valence-corrected chi connectivity index (χ3v) is 7.61. The lowest BCUT2D eigenvalue weighted by Crippen LogP contribution is -2.48. The fourth-order valence-electron chi connectivity index (χ4n) is 4.24.